The van der Waals surface area contributed by atoms with Crippen LogP contribution in [-0.2, 0) is 4.74 Å². The molecule has 3 aromatic rings. The Kier molecular flexibility index (Phi) is 4.68. The molecule has 9 heteroatoms. The average Bonchev–Trinajstić information content (AvgIpc) is 3.22. The van der Waals surface area contributed by atoms with Crippen molar-refractivity contribution in [1.82, 2.24) is 9.78 Å². The Morgan fingerprint density at radius 1 is 1.26 bits per heavy atom. The van der Waals surface area contributed by atoms with E-state index in [4.69, 9.17) is 9.15 Å². The molecule has 0 atom stereocenters. The van der Waals surface area contributed by atoms with Crippen molar-refractivity contribution in [3.05, 3.63) is 58.8 Å². The number of rotatable bonds is 4. The van der Waals surface area contributed by atoms with Crippen LogP contribution in [0.1, 0.15) is 20.8 Å². The van der Waals surface area contributed by atoms with Crippen molar-refractivity contribution >= 4 is 17.6 Å². The Morgan fingerprint density at radius 2 is 2.04 bits per heavy atom. The Morgan fingerprint density at radius 3 is 2.67 bits per heavy atom. The zero-order valence-electron chi connectivity index (χ0n) is 15.0. The second-order valence-electron chi connectivity index (χ2n) is 6.71. The summed E-state index contributed by atoms with van der Waals surface area (Å²) < 4.78 is 12.0. The lowest BCUT2D eigenvalue weighted by Gasteiger charge is -2.19. The number of carbonyl (C=O) groups is 1. The molecule has 2 heterocycles. The number of benzene rings is 1. The normalized spacial score (nSPS) is 11.2. The summed E-state index contributed by atoms with van der Waals surface area (Å²) >= 11 is 0. The summed E-state index contributed by atoms with van der Waals surface area (Å²) in [6.07, 6.45) is 0.836. The first-order chi connectivity index (χ1) is 12.7. The van der Waals surface area contributed by atoms with Crippen LogP contribution in [0.2, 0.25) is 0 Å². The van der Waals surface area contributed by atoms with Crippen LogP contribution in [-0.4, -0.2) is 26.4 Å². The van der Waals surface area contributed by atoms with Gasteiger partial charge in [-0.2, -0.15) is 5.10 Å². The Bertz CT molecular complexity index is 970. The predicted octanol–water partition coefficient (Wildman–Crippen LogP) is 4.39. The van der Waals surface area contributed by atoms with Crippen molar-refractivity contribution in [3.63, 3.8) is 0 Å². The molecule has 0 radical (unpaired) electrons. The standard InChI is InChI=1S/C18H18N4O5/c1-18(2,3)27-17(23)19-16-11-14(15-8-5-9-26-15)20-21(16)12-6-4-7-13(10-12)22(24)25/h4-11H,1-3H3,(H,19,23). The Labute approximate surface area is 154 Å². The molecule has 0 fully saturated rings. The van der Waals surface area contributed by atoms with Crippen molar-refractivity contribution in [2.24, 2.45) is 0 Å². The van der Waals surface area contributed by atoms with Gasteiger partial charge in [0.1, 0.15) is 17.1 Å². The lowest BCUT2D eigenvalue weighted by molar-refractivity contribution is -0.384. The molecule has 2 aromatic heterocycles. The van der Waals surface area contributed by atoms with Crippen LogP contribution in [0.3, 0.4) is 0 Å². The van der Waals surface area contributed by atoms with E-state index in [1.807, 2.05) is 0 Å². The van der Waals surface area contributed by atoms with Crippen LogP contribution >= 0.6 is 0 Å². The molecule has 0 aliphatic carbocycles. The van der Waals surface area contributed by atoms with Crippen LogP contribution in [0.5, 0.6) is 0 Å². The average molecular weight is 370 g/mol. The monoisotopic (exact) mass is 370 g/mol. The van der Waals surface area contributed by atoms with Gasteiger partial charge in [-0.15, -0.1) is 0 Å². The molecule has 1 aromatic carbocycles. The fourth-order valence-corrected chi connectivity index (χ4v) is 2.36. The number of amides is 1. The smallest absolute Gasteiger partial charge is 0.413 e. The Hall–Kier alpha value is -3.62. The molecule has 0 aliphatic heterocycles. The molecule has 140 valence electrons. The SMILES string of the molecule is CC(C)(C)OC(=O)Nc1cc(-c2ccco2)nn1-c1cccc([N+](=O)[O-])c1. The maximum absolute atomic E-state index is 12.2. The highest BCUT2D eigenvalue weighted by Crippen LogP contribution is 2.27. The minimum Gasteiger partial charge on any atom is -0.463 e. The van der Waals surface area contributed by atoms with Crippen molar-refractivity contribution < 1.29 is 18.9 Å². The maximum atomic E-state index is 12.2. The first-order valence-corrected chi connectivity index (χ1v) is 8.12. The van der Waals surface area contributed by atoms with Gasteiger partial charge in [0.05, 0.1) is 16.9 Å². The number of nitrogens with zero attached hydrogens (tertiary/aromatic N) is 3. The van der Waals surface area contributed by atoms with Gasteiger partial charge >= 0.3 is 6.09 Å². The van der Waals surface area contributed by atoms with E-state index >= 15 is 0 Å². The molecule has 3 rings (SSSR count). The second kappa shape index (κ2) is 6.94. The van der Waals surface area contributed by atoms with E-state index in [9.17, 15) is 14.9 Å². The van der Waals surface area contributed by atoms with Crippen LogP contribution < -0.4 is 5.32 Å². The molecule has 1 N–H and O–H groups in total. The van der Waals surface area contributed by atoms with E-state index in [0.717, 1.165) is 0 Å². The summed E-state index contributed by atoms with van der Waals surface area (Å²) in [6.45, 7) is 5.25. The molecule has 0 saturated heterocycles. The van der Waals surface area contributed by atoms with Gasteiger partial charge in [-0.1, -0.05) is 6.07 Å². The van der Waals surface area contributed by atoms with E-state index in [1.54, 1.807) is 51.1 Å². The van der Waals surface area contributed by atoms with Gasteiger partial charge in [0.2, 0.25) is 0 Å². The number of nitro benzene ring substituents is 1. The molecule has 0 bridgehead atoms. The summed E-state index contributed by atoms with van der Waals surface area (Å²) in [5, 5.41) is 18.1. The van der Waals surface area contributed by atoms with Crippen molar-refractivity contribution in [2.45, 2.75) is 26.4 Å². The number of hydrogen-bond acceptors (Lipinski definition) is 6. The molecule has 0 unspecified atom stereocenters. The Balaban J connectivity index is 2.02. The molecule has 1 amide bonds. The topological polar surface area (TPSA) is 112 Å². The number of hydrogen-bond donors (Lipinski definition) is 1. The van der Waals surface area contributed by atoms with Crippen LogP contribution in [0.15, 0.2) is 53.1 Å². The summed E-state index contributed by atoms with van der Waals surface area (Å²) in [5.41, 5.74) is 0.0982. The number of carbonyl (C=O) groups excluding carboxylic acids is 1. The first-order valence-electron chi connectivity index (χ1n) is 8.12. The highest BCUT2D eigenvalue weighted by Gasteiger charge is 2.20. The fraction of sp³-hybridized carbons (Fsp3) is 0.222. The quantitative estimate of drug-likeness (QED) is 0.538. The number of non-ortho nitro benzene ring substituents is 1. The zero-order valence-corrected chi connectivity index (χ0v) is 15.0. The molecule has 0 aliphatic rings. The van der Waals surface area contributed by atoms with E-state index in [1.165, 1.54) is 23.1 Å². The lowest BCUT2D eigenvalue weighted by atomic mass is 10.2. The van der Waals surface area contributed by atoms with Gasteiger partial charge in [0, 0.05) is 18.2 Å². The third-order valence-electron chi connectivity index (χ3n) is 3.40. The zero-order chi connectivity index (χ0) is 19.6. The predicted molar refractivity (Wildman–Crippen MR) is 97.8 cm³/mol. The molecule has 0 spiro atoms. The van der Waals surface area contributed by atoms with E-state index < -0.39 is 16.6 Å². The summed E-state index contributed by atoms with van der Waals surface area (Å²) in [7, 11) is 0. The van der Waals surface area contributed by atoms with Crippen LogP contribution in [0.25, 0.3) is 17.1 Å². The number of aromatic nitrogens is 2. The summed E-state index contributed by atoms with van der Waals surface area (Å²) in [5.74, 6) is 0.780. The number of anilines is 1. The van der Waals surface area contributed by atoms with Crippen molar-refractivity contribution in [1.29, 1.82) is 0 Å². The van der Waals surface area contributed by atoms with Crippen molar-refractivity contribution in [2.75, 3.05) is 5.32 Å². The molecular formula is C18H18N4O5. The highest BCUT2D eigenvalue weighted by atomic mass is 16.6. The molecule has 0 saturated carbocycles. The number of nitrogens with one attached hydrogen (secondary N) is 1. The van der Waals surface area contributed by atoms with Gasteiger partial charge in [-0.25, -0.2) is 9.48 Å². The summed E-state index contributed by atoms with van der Waals surface area (Å²) in [6, 6.07) is 11.0. The third kappa shape index (κ3) is 4.32. The number of ether oxygens (including phenoxy) is 1. The number of furan rings is 1. The molecular weight excluding hydrogens is 352 g/mol. The first kappa shape index (κ1) is 18.2. The summed E-state index contributed by atoms with van der Waals surface area (Å²) in [4.78, 5) is 22.7. The lowest BCUT2D eigenvalue weighted by Crippen LogP contribution is -2.27. The molecule has 27 heavy (non-hydrogen) atoms. The van der Waals surface area contributed by atoms with E-state index in [2.05, 4.69) is 10.4 Å². The van der Waals surface area contributed by atoms with Gasteiger partial charge in [-0.3, -0.25) is 15.4 Å². The van der Waals surface area contributed by atoms with E-state index in [0.29, 0.717) is 17.1 Å². The van der Waals surface area contributed by atoms with Crippen molar-refractivity contribution in [3.8, 4) is 17.1 Å². The van der Waals surface area contributed by atoms with Gasteiger partial charge < -0.3 is 9.15 Å². The largest absolute Gasteiger partial charge is 0.463 e. The van der Waals surface area contributed by atoms with Gasteiger partial charge in [0.15, 0.2) is 5.76 Å². The second-order valence-corrected chi connectivity index (χ2v) is 6.71. The van der Waals surface area contributed by atoms with Gasteiger partial charge in [0.25, 0.3) is 5.69 Å². The highest BCUT2D eigenvalue weighted by molar-refractivity contribution is 5.85. The van der Waals surface area contributed by atoms with Crippen LogP contribution in [0.4, 0.5) is 16.3 Å². The molecule has 9 nitrogen and oxygen atoms in total. The third-order valence-corrected chi connectivity index (χ3v) is 3.40. The minimum atomic E-state index is -0.676. The number of nitro groups is 1. The minimum absolute atomic E-state index is 0.0919. The van der Waals surface area contributed by atoms with Crippen LogP contribution in [0, 0.1) is 10.1 Å². The maximum Gasteiger partial charge on any atom is 0.413 e. The van der Waals surface area contributed by atoms with E-state index in [-0.39, 0.29) is 11.5 Å². The van der Waals surface area contributed by atoms with Gasteiger partial charge in [-0.05, 0) is 39.0 Å². The fourth-order valence-electron chi connectivity index (χ4n) is 2.36.